The number of benzene rings is 4. The Balaban J connectivity index is 1.77. The Labute approximate surface area is 232 Å². The number of carbonyl (C=O) groups is 3. The molecule has 8 heteroatoms. The van der Waals surface area contributed by atoms with Gasteiger partial charge in [0.15, 0.2) is 0 Å². The van der Waals surface area contributed by atoms with Crippen molar-refractivity contribution in [3.8, 4) is 23.0 Å². The SMILES string of the molecule is COc1ccc(NC(=O)c2ccccc2C(c2ccc(OC(C)=O)cc2)c2ccc(OC(C)=O)cc2)c(OC)c1. The zero-order valence-electron chi connectivity index (χ0n) is 22.6. The third kappa shape index (κ3) is 6.66. The maximum atomic E-state index is 13.7. The molecule has 204 valence electrons. The van der Waals surface area contributed by atoms with E-state index in [-0.39, 0.29) is 11.8 Å². The van der Waals surface area contributed by atoms with E-state index in [4.69, 9.17) is 18.9 Å². The number of anilines is 1. The number of nitrogens with one attached hydrogen (secondary N) is 1. The van der Waals surface area contributed by atoms with E-state index in [1.807, 2.05) is 36.4 Å². The van der Waals surface area contributed by atoms with Crippen molar-refractivity contribution < 1.29 is 33.3 Å². The van der Waals surface area contributed by atoms with E-state index in [1.54, 1.807) is 61.7 Å². The smallest absolute Gasteiger partial charge is 0.308 e. The fourth-order valence-electron chi connectivity index (χ4n) is 4.39. The number of rotatable bonds is 9. The first-order valence-corrected chi connectivity index (χ1v) is 12.5. The minimum Gasteiger partial charge on any atom is -0.497 e. The highest BCUT2D eigenvalue weighted by atomic mass is 16.5. The molecule has 1 amide bonds. The lowest BCUT2D eigenvalue weighted by Crippen LogP contribution is -2.17. The molecule has 0 atom stereocenters. The highest BCUT2D eigenvalue weighted by Gasteiger charge is 2.24. The normalized spacial score (nSPS) is 10.5. The highest BCUT2D eigenvalue weighted by molar-refractivity contribution is 6.06. The second kappa shape index (κ2) is 12.6. The predicted molar refractivity (Wildman–Crippen MR) is 150 cm³/mol. The van der Waals surface area contributed by atoms with Crippen molar-refractivity contribution in [2.75, 3.05) is 19.5 Å². The van der Waals surface area contributed by atoms with Crippen LogP contribution < -0.4 is 24.3 Å². The molecular weight excluding hydrogens is 510 g/mol. The first-order chi connectivity index (χ1) is 19.3. The molecule has 0 aliphatic rings. The molecule has 0 aliphatic carbocycles. The van der Waals surface area contributed by atoms with E-state index in [2.05, 4.69) is 5.32 Å². The van der Waals surface area contributed by atoms with Crippen molar-refractivity contribution in [3.63, 3.8) is 0 Å². The molecule has 0 fully saturated rings. The fraction of sp³-hybridized carbons (Fsp3) is 0.156. The molecule has 4 rings (SSSR count). The maximum Gasteiger partial charge on any atom is 0.308 e. The number of carbonyl (C=O) groups excluding carboxylic acids is 3. The molecule has 0 saturated heterocycles. The van der Waals surface area contributed by atoms with Crippen molar-refractivity contribution in [1.29, 1.82) is 0 Å². The number of hydrogen-bond acceptors (Lipinski definition) is 7. The van der Waals surface area contributed by atoms with E-state index in [0.29, 0.717) is 34.2 Å². The minimum atomic E-state index is -0.415. The zero-order chi connectivity index (χ0) is 28.6. The van der Waals surface area contributed by atoms with Crippen LogP contribution >= 0.6 is 0 Å². The molecule has 4 aromatic rings. The van der Waals surface area contributed by atoms with Crippen molar-refractivity contribution in [2.45, 2.75) is 19.8 Å². The van der Waals surface area contributed by atoms with E-state index >= 15 is 0 Å². The van der Waals surface area contributed by atoms with Gasteiger partial charge in [-0.25, -0.2) is 0 Å². The second-order valence-corrected chi connectivity index (χ2v) is 8.87. The Morgan fingerprint density at radius 3 is 1.68 bits per heavy atom. The maximum absolute atomic E-state index is 13.7. The van der Waals surface area contributed by atoms with Crippen LogP contribution in [0, 0.1) is 0 Å². The summed E-state index contributed by atoms with van der Waals surface area (Å²) < 4.78 is 21.1. The number of methoxy groups -OCH3 is 2. The van der Waals surface area contributed by atoms with Gasteiger partial charge in [0.05, 0.1) is 19.9 Å². The quantitative estimate of drug-likeness (QED) is 0.158. The summed E-state index contributed by atoms with van der Waals surface area (Å²) in [6.07, 6.45) is 0. The number of esters is 2. The first kappa shape index (κ1) is 27.9. The van der Waals surface area contributed by atoms with Gasteiger partial charge in [-0.15, -0.1) is 0 Å². The second-order valence-electron chi connectivity index (χ2n) is 8.87. The van der Waals surface area contributed by atoms with Crippen molar-refractivity contribution in [2.24, 2.45) is 0 Å². The van der Waals surface area contributed by atoms with Crippen LogP contribution in [0.2, 0.25) is 0 Å². The lowest BCUT2D eigenvalue weighted by Gasteiger charge is -2.22. The van der Waals surface area contributed by atoms with Crippen LogP contribution in [0.15, 0.2) is 91.0 Å². The van der Waals surface area contributed by atoms with Gasteiger partial charge in [-0.05, 0) is 59.2 Å². The summed E-state index contributed by atoms with van der Waals surface area (Å²) in [5.74, 6) is 0.363. The van der Waals surface area contributed by atoms with Crippen molar-refractivity contribution in [3.05, 3.63) is 113 Å². The van der Waals surface area contributed by atoms with Gasteiger partial charge in [0, 0.05) is 31.4 Å². The van der Waals surface area contributed by atoms with Crippen LogP contribution in [-0.2, 0) is 9.59 Å². The summed E-state index contributed by atoms with van der Waals surface area (Å²) >= 11 is 0. The van der Waals surface area contributed by atoms with Crippen molar-refractivity contribution >= 4 is 23.5 Å². The van der Waals surface area contributed by atoms with Gasteiger partial charge >= 0.3 is 11.9 Å². The van der Waals surface area contributed by atoms with Gasteiger partial charge in [0.2, 0.25) is 0 Å². The summed E-state index contributed by atoms with van der Waals surface area (Å²) in [7, 11) is 3.08. The lowest BCUT2D eigenvalue weighted by atomic mass is 9.82. The third-order valence-corrected chi connectivity index (χ3v) is 6.12. The summed E-state index contributed by atoms with van der Waals surface area (Å²) in [6, 6.07) is 26.7. The molecule has 0 bridgehead atoms. The van der Waals surface area contributed by atoms with E-state index in [9.17, 15) is 14.4 Å². The van der Waals surface area contributed by atoms with Crippen LogP contribution in [0.1, 0.15) is 46.8 Å². The summed E-state index contributed by atoms with van der Waals surface area (Å²) in [4.78, 5) is 36.5. The van der Waals surface area contributed by atoms with Gasteiger partial charge in [-0.2, -0.15) is 0 Å². The Morgan fingerprint density at radius 1 is 0.650 bits per heavy atom. The summed E-state index contributed by atoms with van der Waals surface area (Å²) in [5, 5.41) is 2.95. The van der Waals surface area contributed by atoms with Gasteiger partial charge in [-0.1, -0.05) is 42.5 Å². The predicted octanol–water partition coefficient (Wildman–Crippen LogP) is 5.99. The molecule has 40 heavy (non-hydrogen) atoms. The van der Waals surface area contributed by atoms with Crippen LogP contribution in [0.3, 0.4) is 0 Å². The third-order valence-electron chi connectivity index (χ3n) is 6.12. The molecular formula is C32H29NO7. The monoisotopic (exact) mass is 539 g/mol. The van der Waals surface area contributed by atoms with Crippen LogP contribution in [-0.4, -0.2) is 32.1 Å². The van der Waals surface area contributed by atoms with Crippen LogP contribution in [0.4, 0.5) is 5.69 Å². The minimum absolute atomic E-state index is 0.322. The van der Waals surface area contributed by atoms with Gasteiger partial charge < -0.3 is 24.3 Å². The Hall–Kier alpha value is -5.11. The lowest BCUT2D eigenvalue weighted by molar-refractivity contribution is -0.132. The highest BCUT2D eigenvalue weighted by Crippen LogP contribution is 2.36. The number of amides is 1. The molecule has 4 aromatic carbocycles. The van der Waals surface area contributed by atoms with E-state index < -0.39 is 11.9 Å². The molecule has 0 spiro atoms. The van der Waals surface area contributed by atoms with Gasteiger partial charge in [0.25, 0.3) is 5.91 Å². The van der Waals surface area contributed by atoms with Crippen LogP contribution in [0.5, 0.6) is 23.0 Å². The fourth-order valence-corrected chi connectivity index (χ4v) is 4.39. The molecule has 0 aliphatic heterocycles. The zero-order valence-corrected chi connectivity index (χ0v) is 22.6. The number of hydrogen-bond donors (Lipinski definition) is 1. The summed E-state index contributed by atoms with van der Waals surface area (Å²) in [5.41, 5.74) is 3.42. The molecule has 0 heterocycles. The Morgan fingerprint density at radius 2 is 1.18 bits per heavy atom. The van der Waals surface area contributed by atoms with Gasteiger partial charge in [-0.3, -0.25) is 14.4 Å². The van der Waals surface area contributed by atoms with Gasteiger partial charge in [0.1, 0.15) is 23.0 Å². The Bertz CT molecular complexity index is 1450. The van der Waals surface area contributed by atoms with E-state index in [0.717, 1.165) is 16.7 Å². The Kier molecular flexibility index (Phi) is 8.81. The van der Waals surface area contributed by atoms with Crippen molar-refractivity contribution in [1.82, 2.24) is 0 Å². The standard InChI is InChI=1S/C32H29NO7/c1-20(34)39-24-13-9-22(10-14-24)31(23-11-15-25(16-12-23)40-21(2)35)27-7-5-6-8-28(27)32(36)33-29-18-17-26(37-3)19-30(29)38-4/h5-19,31H,1-4H3,(H,33,36). The average Bonchev–Trinajstić information content (AvgIpc) is 2.95. The van der Waals surface area contributed by atoms with Crippen LogP contribution in [0.25, 0.3) is 0 Å². The number of ether oxygens (including phenoxy) is 4. The first-order valence-electron chi connectivity index (χ1n) is 12.5. The molecule has 0 saturated carbocycles. The largest absolute Gasteiger partial charge is 0.497 e. The molecule has 8 nitrogen and oxygen atoms in total. The summed E-state index contributed by atoms with van der Waals surface area (Å²) in [6.45, 7) is 2.68. The molecule has 1 N–H and O–H groups in total. The van der Waals surface area contributed by atoms with E-state index in [1.165, 1.54) is 21.0 Å². The molecule has 0 unspecified atom stereocenters. The molecule has 0 aromatic heterocycles. The topological polar surface area (TPSA) is 100 Å². The molecule has 0 radical (unpaired) electrons. The average molecular weight is 540 g/mol.